The molecule has 0 saturated carbocycles. The number of halogens is 5. The summed E-state index contributed by atoms with van der Waals surface area (Å²) in [5, 5.41) is 17.3. The average molecular weight is 312 g/mol. The third-order valence-corrected chi connectivity index (χ3v) is 2.88. The van der Waals surface area contributed by atoms with Crippen molar-refractivity contribution >= 4 is 29.2 Å². The molecule has 0 bridgehead atoms. The number of nitriles is 1. The van der Waals surface area contributed by atoms with E-state index in [1.807, 2.05) is 0 Å². The molecular formula is C11H6Cl2F3NO2. The summed E-state index contributed by atoms with van der Waals surface area (Å²) in [4.78, 5) is 10.6. The van der Waals surface area contributed by atoms with Crippen LogP contribution >= 0.6 is 23.2 Å². The van der Waals surface area contributed by atoms with E-state index in [9.17, 15) is 18.0 Å². The van der Waals surface area contributed by atoms with Gasteiger partial charge in [-0.3, -0.25) is 4.79 Å². The van der Waals surface area contributed by atoms with Crippen molar-refractivity contribution in [1.82, 2.24) is 0 Å². The zero-order valence-corrected chi connectivity index (χ0v) is 10.6. The van der Waals surface area contributed by atoms with Crippen molar-refractivity contribution in [2.24, 2.45) is 0 Å². The Labute approximate surface area is 116 Å². The molecule has 0 aliphatic heterocycles. The molecule has 1 atom stereocenters. The smallest absolute Gasteiger partial charge is 0.411 e. The van der Waals surface area contributed by atoms with Gasteiger partial charge in [-0.15, -0.1) is 0 Å². The fraction of sp³-hybridized carbons (Fsp3) is 0.273. The quantitative estimate of drug-likeness (QED) is 0.923. The molecule has 0 aliphatic rings. The van der Waals surface area contributed by atoms with E-state index in [2.05, 4.69) is 0 Å². The molecule has 102 valence electrons. The first kappa shape index (κ1) is 15.6. The van der Waals surface area contributed by atoms with Gasteiger partial charge in [0.2, 0.25) is 0 Å². The van der Waals surface area contributed by atoms with Crippen LogP contribution in [-0.4, -0.2) is 17.3 Å². The SMILES string of the molecule is N#CC(CC(=O)O)(c1cc(Cl)cc(Cl)c1)C(F)(F)F. The van der Waals surface area contributed by atoms with Crippen LogP contribution in [0.3, 0.4) is 0 Å². The maximum Gasteiger partial charge on any atom is 0.411 e. The first-order valence-corrected chi connectivity index (χ1v) is 5.54. The lowest BCUT2D eigenvalue weighted by Crippen LogP contribution is -2.43. The van der Waals surface area contributed by atoms with Gasteiger partial charge in [0.15, 0.2) is 5.41 Å². The summed E-state index contributed by atoms with van der Waals surface area (Å²) in [6, 6.07) is 3.98. The molecule has 0 amide bonds. The second-order valence-electron chi connectivity index (χ2n) is 3.74. The van der Waals surface area contributed by atoms with E-state index in [0.29, 0.717) is 0 Å². The maximum absolute atomic E-state index is 13.1. The number of carboxylic acid groups (broad SMARTS) is 1. The highest BCUT2D eigenvalue weighted by molar-refractivity contribution is 6.34. The Balaban J connectivity index is 3.55. The lowest BCUT2D eigenvalue weighted by molar-refractivity contribution is -0.182. The summed E-state index contributed by atoms with van der Waals surface area (Å²) in [5.74, 6) is -1.75. The molecular weight excluding hydrogens is 306 g/mol. The normalized spacial score (nSPS) is 14.5. The predicted octanol–water partition coefficient (Wildman–Crippen LogP) is 3.79. The largest absolute Gasteiger partial charge is 0.481 e. The summed E-state index contributed by atoms with van der Waals surface area (Å²) >= 11 is 11.2. The Morgan fingerprint density at radius 2 is 1.74 bits per heavy atom. The van der Waals surface area contributed by atoms with Crippen LogP contribution < -0.4 is 0 Å². The summed E-state index contributed by atoms with van der Waals surface area (Å²) < 4.78 is 39.3. The fourth-order valence-corrected chi connectivity index (χ4v) is 2.09. The van der Waals surface area contributed by atoms with Gasteiger partial charge in [0.05, 0.1) is 12.5 Å². The molecule has 3 nitrogen and oxygen atoms in total. The van der Waals surface area contributed by atoms with Crippen LogP contribution in [0.15, 0.2) is 18.2 Å². The van der Waals surface area contributed by atoms with E-state index >= 15 is 0 Å². The monoisotopic (exact) mass is 311 g/mol. The third kappa shape index (κ3) is 3.11. The van der Waals surface area contributed by atoms with Crippen molar-refractivity contribution < 1.29 is 23.1 Å². The van der Waals surface area contributed by atoms with Gasteiger partial charge in [0.25, 0.3) is 0 Å². The average Bonchev–Trinajstić information content (AvgIpc) is 2.22. The topological polar surface area (TPSA) is 61.1 Å². The molecule has 0 heterocycles. The van der Waals surface area contributed by atoms with Gasteiger partial charge in [-0.1, -0.05) is 23.2 Å². The molecule has 0 saturated heterocycles. The summed E-state index contributed by atoms with van der Waals surface area (Å²) in [6.45, 7) is 0. The molecule has 0 aromatic heterocycles. The first-order chi connectivity index (χ1) is 8.62. The Kier molecular flexibility index (Phi) is 4.33. The molecule has 8 heteroatoms. The van der Waals surface area contributed by atoms with Crippen molar-refractivity contribution in [3.63, 3.8) is 0 Å². The van der Waals surface area contributed by atoms with E-state index in [1.165, 1.54) is 6.07 Å². The van der Waals surface area contributed by atoms with E-state index in [4.69, 9.17) is 33.6 Å². The zero-order valence-electron chi connectivity index (χ0n) is 9.13. The predicted molar refractivity (Wildman–Crippen MR) is 62.1 cm³/mol. The summed E-state index contributed by atoms with van der Waals surface area (Å²) in [7, 11) is 0. The standard InChI is InChI=1S/C11H6Cl2F3NO2/c12-7-1-6(2-8(13)3-7)10(5-17,4-9(18)19)11(14,15)16/h1-3H,4H2,(H,18,19). The number of carboxylic acids is 1. The number of alkyl halides is 3. The number of carbonyl (C=O) groups is 1. The van der Waals surface area contributed by atoms with Gasteiger partial charge in [-0.05, 0) is 23.8 Å². The lowest BCUT2D eigenvalue weighted by Gasteiger charge is -2.28. The second-order valence-corrected chi connectivity index (χ2v) is 4.62. The lowest BCUT2D eigenvalue weighted by atomic mass is 9.78. The number of rotatable bonds is 3. The van der Waals surface area contributed by atoms with Crippen LogP contribution in [0.5, 0.6) is 0 Å². The van der Waals surface area contributed by atoms with Gasteiger partial charge in [0, 0.05) is 10.0 Å². The maximum atomic E-state index is 13.1. The van der Waals surface area contributed by atoms with E-state index in [-0.39, 0.29) is 10.0 Å². The minimum Gasteiger partial charge on any atom is -0.481 e. The van der Waals surface area contributed by atoms with Crippen molar-refractivity contribution in [2.45, 2.75) is 18.0 Å². The van der Waals surface area contributed by atoms with Crippen LogP contribution in [0.2, 0.25) is 10.0 Å². The molecule has 1 unspecified atom stereocenters. The molecule has 19 heavy (non-hydrogen) atoms. The molecule has 1 aromatic carbocycles. The van der Waals surface area contributed by atoms with Crippen LogP contribution in [0.25, 0.3) is 0 Å². The number of benzene rings is 1. The highest BCUT2D eigenvalue weighted by Gasteiger charge is 2.58. The van der Waals surface area contributed by atoms with Crippen LogP contribution in [0, 0.1) is 11.3 Å². The second kappa shape index (κ2) is 5.27. The van der Waals surface area contributed by atoms with Crippen LogP contribution in [0.1, 0.15) is 12.0 Å². The summed E-state index contributed by atoms with van der Waals surface area (Å²) in [6.07, 6.45) is -6.50. The van der Waals surface area contributed by atoms with Crippen molar-refractivity contribution in [2.75, 3.05) is 0 Å². The number of aliphatic carboxylic acids is 1. The number of nitrogens with zero attached hydrogens (tertiary/aromatic N) is 1. The number of hydrogen-bond acceptors (Lipinski definition) is 2. The highest BCUT2D eigenvalue weighted by atomic mass is 35.5. The molecule has 0 aliphatic carbocycles. The van der Waals surface area contributed by atoms with Gasteiger partial charge >= 0.3 is 12.1 Å². The zero-order chi connectivity index (χ0) is 14.8. The Hall–Kier alpha value is -1.45. The highest BCUT2D eigenvalue weighted by Crippen LogP contribution is 2.44. The van der Waals surface area contributed by atoms with Gasteiger partial charge < -0.3 is 5.11 Å². The van der Waals surface area contributed by atoms with Gasteiger partial charge in [-0.2, -0.15) is 18.4 Å². The van der Waals surface area contributed by atoms with Crippen molar-refractivity contribution in [3.8, 4) is 6.07 Å². The van der Waals surface area contributed by atoms with Crippen molar-refractivity contribution in [1.29, 1.82) is 5.26 Å². The first-order valence-electron chi connectivity index (χ1n) is 4.79. The Bertz CT molecular complexity index is 534. The minimum absolute atomic E-state index is 0.114. The van der Waals surface area contributed by atoms with Gasteiger partial charge in [-0.25, -0.2) is 0 Å². The number of hydrogen-bond donors (Lipinski definition) is 1. The van der Waals surface area contributed by atoms with E-state index < -0.39 is 29.5 Å². The van der Waals surface area contributed by atoms with Crippen LogP contribution in [-0.2, 0) is 10.2 Å². The molecule has 1 N–H and O–H groups in total. The fourth-order valence-electron chi connectivity index (χ4n) is 1.56. The molecule has 1 rings (SSSR count). The van der Waals surface area contributed by atoms with Gasteiger partial charge in [0.1, 0.15) is 0 Å². The van der Waals surface area contributed by atoms with Crippen LogP contribution in [0.4, 0.5) is 13.2 Å². The Morgan fingerprint density at radius 3 is 2.05 bits per heavy atom. The van der Waals surface area contributed by atoms with E-state index in [0.717, 1.165) is 18.2 Å². The summed E-state index contributed by atoms with van der Waals surface area (Å²) in [5.41, 5.74) is -3.78. The molecule has 0 spiro atoms. The van der Waals surface area contributed by atoms with Crippen molar-refractivity contribution in [3.05, 3.63) is 33.8 Å². The minimum atomic E-state index is -5.08. The molecule has 1 aromatic rings. The van der Waals surface area contributed by atoms with E-state index in [1.54, 1.807) is 0 Å². The third-order valence-electron chi connectivity index (χ3n) is 2.45. The Morgan fingerprint density at radius 1 is 1.26 bits per heavy atom. The molecule has 0 radical (unpaired) electrons. The molecule has 0 fully saturated rings.